The summed E-state index contributed by atoms with van der Waals surface area (Å²) in [7, 11) is 0. The van der Waals surface area contributed by atoms with Gasteiger partial charge in [0.2, 0.25) is 11.7 Å². The summed E-state index contributed by atoms with van der Waals surface area (Å²) >= 11 is 0. The predicted octanol–water partition coefficient (Wildman–Crippen LogP) is 2.56. The van der Waals surface area contributed by atoms with Gasteiger partial charge in [0.25, 0.3) is 5.89 Å². The predicted molar refractivity (Wildman–Crippen MR) is 136 cm³/mol. The molecule has 0 radical (unpaired) electrons. The smallest absolute Gasteiger partial charge is 0.339 e. The molecule has 1 aliphatic heterocycles. The van der Waals surface area contributed by atoms with Crippen molar-refractivity contribution >= 4 is 11.6 Å². The molecule has 0 aliphatic carbocycles. The zero-order valence-corrected chi connectivity index (χ0v) is 20.1. The number of fused-ring (bicyclic) bond motifs is 1. The molecule has 3 aromatic heterocycles. The van der Waals surface area contributed by atoms with Gasteiger partial charge in [-0.15, -0.1) is 5.10 Å². The Labute approximate surface area is 212 Å². The Morgan fingerprint density at radius 3 is 2.38 bits per heavy atom. The van der Waals surface area contributed by atoms with Crippen LogP contribution in [0.25, 0.3) is 28.5 Å². The number of carbonyl (C=O) groups is 1. The fraction of sp³-hybridized carbons (Fsp3) is 0.222. The Hall–Kier alpha value is -4.57. The highest BCUT2D eigenvalue weighted by Crippen LogP contribution is 2.24. The maximum absolute atomic E-state index is 13.0. The molecule has 6 rings (SSSR count). The largest absolute Gasteiger partial charge is 0.350 e. The summed E-state index contributed by atoms with van der Waals surface area (Å²) in [5, 5.41) is 8.53. The molecule has 2 aromatic carbocycles. The summed E-state index contributed by atoms with van der Waals surface area (Å²) in [6.45, 7) is 3.53. The van der Waals surface area contributed by atoms with Crippen molar-refractivity contribution < 1.29 is 9.32 Å². The van der Waals surface area contributed by atoms with Crippen molar-refractivity contribution in [2.24, 2.45) is 0 Å². The molecule has 0 bridgehead atoms. The normalized spacial score (nSPS) is 14.3. The molecular formula is C27H25N7O3. The molecule has 186 valence electrons. The fourth-order valence-electron chi connectivity index (χ4n) is 4.57. The van der Waals surface area contributed by atoms with Crippen molar-refractivity contribution in [1.29, 1.82) is 0 Å². The number of pyridine rings is 1. The lowest BCUT2D eigenvalue weighted by Gasteiger charge is -2.34. The third-order valence-electron chi connectivity index (χ3n) is 6.56. The van der Waals surface area contributed by atoms with Crippen LogP contribution in [-0.2, 0) is 17.9 Å². The average Bonchev–Trinajstić information content (AvgIpc) is 3.55. The molecule has 37 heavy (non-hydrogen) atoms. The summed E-state index contributed by atoms with van der Waals surface area (Å²) in [5.74, 6) is 0.569. The first-order valence-corrected chi connectivity index (χ1v) is 12.2. The van der Waals surface area contributed by atoms with Crippen LogP contribution in [0.4, 0.5) is 0 Å². The second-order valence-corrected chi connectivity index (χ2v) is 8.99. The number of piperazine rings is 1. The highest BCUT2D eigenvalue weighted by atomic mass is 16.5. The Morgan fingerprint density at radius 2 is 1.62 bits per heavy atom. The lowest BCUT2D eigenvalue weighted by Crippen LogP contribution is -2.49. The van der Waals surface area contributed by atoms with E-state index in [2.05, 4.69) is 32.3 Å². The van der Waals surface area contributed by atoms with Crippen molar-refractivity contribution in [2.45, 2.75) is 13.1 Å². The molecule has 0 N–H and O–H groups in total. The molecule has 0 atom stereocenters. The summed E-state index contributed by atoms with van der Waals surface area (Å²) in [6, 6.07) is 23.3. The van der Waals surface area contributed by atoms with Crippen molar-refractivity contribution in [3.8, 4) is 22.8 Å². The van der Waals surface area contributed by atoms with E-state index < -0.39 is 5.69 Å². The molecule has 1 amide bonds. The maximum Gasteiger partial charge on any atom is 0.350 e. The standard InChI is InChI=1S/C27H25N7O3/c35-23(32-16-14-31(15-17-32)18-20-8-3-1-4-9-20)19-34-27(36)33-13-7-12-22(25(33)29-34)26-28-24(30-37-26)21-10-5-2-6-11-21/h1-13H,14-19H2. The molecule has 4 heterocycles. The van der Waals surface area contributed by atoms with Gasteiger partial charge < -0.3 is 9.42 Å². The summed E-state index contributed by atoms with van der Waals surface area (Å²) in [6.07, 6.45) is 1.62. The highest BCUT2D eigenvalue weighted by molar-refractivity contribution is 5.76. The molecule has 0 saturated carbocycles. The summed E-state index contributed by atoms with van der Waals surface area (Å²) in [5.41, 5.74) is 2.57. The number of amides is 1. The zero-order valence-electron chi connectivity index (χ0n) is 20.1. The Kier molecular flexibility index (Phi) is 6.07. The molecule has 0 spiro atoms. The monoisotopic (exact) mass is 495 g/mol. The molecule has 10 heteroatoms. The number of nitrogens with zero attached hydrogens (tertiary/aromatic N) is 7. The van der Waals surface area contributed by atoms with Gasteiger partial charge in [-0.1, -0.05) is 65.8 Å². The van der Waals surface area contributed by atoms with Crippen molar-refractivity contribution in [1.82, 2.24) is 34.1 Å². The minimum atomic E-state index is -0.393. The van der Waals surface area contributed by atoms with Crippen LogP contribution in [0.3, 0.4) is 0 Å². The SMILES string of the molecule is O=C(Cn1nc2c(-c3nc(-c4ccccc4)no3)cccn2c1=O)N1CCN(Cc2ccccc2)CC1. The van der Waals surface area contributed by atoms with Gasteiger partial charge >= 0.3 is 5.69 Å². The quantitative estimate of drug-likeness (QED) is 0.357. The number of hydrogen-bond acceptors (Lipinski definition) is 7. The van der Waals surface area contributed by atoms with Crippen LogP contribution in [0.5, 0.6) is 0 Å². The van der Waals surface area contributed by atoms with Crippen LogP contribution in [0.15, 0.2) is 88.3 Å². The first kappa shape index (κ1) is 22.9. The second-order valence-electron chi connectivity index (χ2n) is 8.99. The summed E-state index contributed by atoms with van der Waals surface area (Å²) < 4.78 is 8.08. The molecule has 10 nitrogen and oxygen atoms in total. The maximum atomic E-state index is 13.0. The lowest BCUT2D eigenvalue weighted by molar-refractivity contribution is -0.133. The number of hydrogen-bond donors (Lipinski definition) is 0. The van der Waals surface area contributed by atoms with E-state index in [0.717, 1.165) is 25.2 Å². The Morgan fingerprint density at radius 1 is 0.892 bits per heavy atom. The van der Waals surface area contributed by atoms with E-state index in [1.165, 1.54) is 14.6 Å². The van der Waals surface area contributed by atoms with Gasteiger partial charge in [-0.25, -0.2) is 13.9 Å². The number of carbonyl (C=O) groups excluding carboxylic acids is 1. The Bertz CT molecular complexity index is 1580. The van der Waals surface area contributed by atoms with Crippen LogP contribution in [-0.4, -0.2) is 66.2 Å². The second kappa shape index (κ2) is 9.82. The van der Waals surface area contributed by atoms with Crippen LogP contribution in [0.2, 0.25) is 0 Å². The van der Waals surface area contributed by atoms with Gasteiger partial charge in [0.1, 0.15) is 6.54 Å². The van der Waals surface area contributed by atoms with Crippen molar-refractivity contribution in [2.75, 3.05) is 26.2 Å². The number of rotatable bonds is 6. The summed E-state index contributed by atoms with van der Waals surface area (Å²) in [4.78, 5) is 34.7. The van der Waals surface area contributed by atoms with E-state index >= 15 is 0 Å². The minimum absolute atomic E-state index is 0.127. The molecule has 0 unspecified atom stereocenters. The molecule has 5 aromatic rings. The van der Waals surface area contributed by atoms with Crippen molar-refractivity contribution in [3.05, 3.63) is 95.0 Å². The zero-order chi connectivity index (χ0) is 25.2. The third kappa shape index (κ3) is 4.66. The van der Waals surface area contributed by atoms with Crippen LogP contribution in [0, 0.1) is 0 Å². The first-order valence-electron chi connectivity index (χ1n) is 12.2. The molecule has 1 fully saturated rings. The van der Waals surface area contributed by atoms with E-state index in [9.17, 15) is 9.59 Å². The van der Waals surface area contributed by atoms with Gasteiger partial charge in [-0.05, 0) is 17.7 Å². The van der Waals surface area contributed by atoms with Crippen LogP contribution >= 0.6 is 0 Å². The van der Waals surface area contributed by atoms with Crippen molar-refractivity contribution in [3.63, 3.8) is 0 Å². The van der Waals surface area contributed by atoms with Crippen LogP contribution < -0.4 is 5.69 Å². The minimum Gasteiger partial charge on any atom is -0.339 e. The van der Waals surface area contributed by atoms with Gasteiger partial charge in [0, 0.05) is 44.5 Å². The van der Waals surface area contributed by atoms with Gasteiger partial charge in [-0.2, -0.15) is 4.98 Å². The average molecular weight is 496 g/mol. The molecular weight excluding hydrogens is 470 g/mol. The van der Waals surface area contributed by atoms with Gasteiger partial charge in [-0.3, -0.25) is 9.69 Å². The number of aromatic nitrogens is 5. The van der Waals surface area contributed by atoms with E-state index in [1.54, 1.807) is 23.2 Å². The van der Waals surface area contributed by atoms with Gasteiger partial charge in [0.15, 0.2) is 5.65 Å². The van der Waals surface area contributed by atoms with Crippen LogP contribution in [0.1, 0.15) is 5.56 Å². The van der Waals surface area contributed by atoms with E-state index in [4.69, 9.17) is 4.52 Å². The fourth-order valence-corrected chi connectivity index (χ4v) is 4.57. The van der Waals surface area contributed by atoms with E-state index in [1.807, 2.05) is 48.5 Å². The Balaban J connectivity index is 1.17. The first-order chi connectivity index (χ1) is 18.2. The molecule has 1 saturated heterocycles. The van der Waals surface area contributed by atoms with E-state index in [0.29, 0.717) is 30.1 Å². The lowest BCUT2D eigenvalue weighted by atomic mass is 10.2. The van der Waals surface area contributed by atoms with E-state index in [-0.39, 0.29) is 18.3 Å². The number of benzene rings is 2. The molecule has 1 aliphatic rings. The highest BCUT2D eigenvalue weighted by Gasteiger charge is 2.24. The topological polar surface area (TPSA) is 102 Å². The van der Waals surface area contributed by atoms with Gasteiger partial charge in [0.05, 0.1) is 5.56 Å². The third-order valence-corrected chi connectivity index (χ3v) is 6.56.